The van der Waals surface area contributed by atoms with Crippen LogP contribution >= 0.6 is 0 Å². The van der Waals surface area contributed by atoms with E-state index in [2.05, 4.69) is 0 Å². The molecule has 2 aromatic rings. The van der Waals surface area contributed by atoms with E-state index in [1.54, 1.807) is 25.2 Å². The van der Waals surface area contributed by atoms with Gasteiger partial charge in [0.2, 0.25) is 5.91 Å². The molecular formula is C32H45N3O5. The molecule has 0 unspecified atom stereocenters. The Labute approximate surface area is 237 Å². The highest BCUT2D eigenvalue weighted by molar-refractivity contribution is 6.00. The van der Waals surface area contributed by atoms with Gasteiger partial charge in [0.1, 0.15) is 0 Å². The van der Waals surface area contributed by atoms with E-state index in [9.17, 15) is 24.6 Å². The van der Waals surface area contributed by atoms with Crippen LogP contribution in [0.4, 0.5) is 0 Å². The first-order valence-electron chi connectivity index (χ1n) is 14.6. The Hall–Kier alpha value is -2.97. The van der Waals surface area contributed by atoms with Crippen molar-refractivity contribution in [2.75, 3.05) is 33.8 Å². The van der Waals surface area contributed by atoms with Crippen LogP contribution in [0, 0.1) is 17.3 Å². The van der Waals surface area contributed by atoms with Gasteiger partial charge < -0.3 is 24.6 Å². The Bertz CT molecular complexity index is 1250. The lowest BCUT2D eigenvalue weighted by atomic mass is 9.69. The Morgan fingerprint density at radius 2 is 1.77 bits per heavy atom. The fourth-order valence-corrected chi connectivity index (χ4v) is 6.43. The molecule has 4 rings (SSSR count). The van der Waals surface area contributed by atoms with Crippen LogP contribution in [-0.2, 0) is 11.3 Å². The molecule has 8 nitrogen and oxygen atoms in total. The topological polar surface area (TPSA) is 103 Å². The van der Waals surface area contributed by atoms with E-state index in [0.717, 1.165) is 18.4 Å². The predicted octanol–water partition coefficient (Wildman–Crippen LogP) is 3.79. The molecule has 2 aliphatic rings. The lowest BCUT2D eigenvalue weighted by Gasteiger charge is -2.51. The van der Waals surface area contributed by atoms with Gasteiger partial charge in [-0.3, -0.25) is 14.4 Å². The Kier molecular flexibility index (Phi) is 9.20. The van der Waals surface area contributed by atoms with E-state index in [1.165, 1.54) is 34.8 Å². The molecule has 1 saturated carbocycles. The van der Waals surface area contributed by atoms with Crippen molar-refractivity contribution < 1.29 is 19.8 Å². The number of rotatable bonds is 8. The number of likely N-dealkylation sites (tertiary alicyclic amines) is 1. The fourth-order valence-electron chi connectivity index (χ4n) is 6.43. The van der Waals surface area contributed by atoms with Gasteiger partial charge in [-0.05, 0) is 24.3 Å². The summed E-state index contributed by atoms with van der Waals surface area (Å²) >= 11 is 0. The van der Waals surface area contributed by atoms with Gasteiger partial charge in [0.05, 0.1) is 30.2 Å². The molecule has 8 heteroatoms. The molecule has 2 atom stereocenters. The molecule has 0 spiro atoms. The minimum Gasteiger partial charge on any atom is -0.396 e. The average Bonchev–Trinajstić information content (AvgIpc) is 2.94. The van der Waals surface area contributed by atoms with Gasteiger partial charge in [-0.15, -0.1) is 0 Å². The maximum Gasteiger partial charge on any atom is 0.255 e. The number of nitrogens with zero attached hydrogens (tertiary/aromatic N) is 3. The van der Waals surface area contributed by atoms with Crippen molar-refractivity contribution in [2.24, 2.45) is 17.3 Å². The predicted molar refractivity (Wildman–Crippen MR) is 156 cm³/mol. The lowest BCUT2D eigenvalue weighted by molar-refractivity contribution is -0.158. The van der Waals surface area contributed by atoms with E-state index < -0.39 is 16.9 Å². The molecule has 1 saturated heterocycles. The Balaban J connectivity index is 1.56. The third-order valence-electron chi connectivity index (χ3n) is 9.14. The molecule has 1 aliphatic heterocycles. The summed E-state index contributed by atoms with van der Waals surface area (Å²) in [6.45, 7) is 4.34. The zero-order valence-corrected chi connectivity index (χ0v) is 24.4. The van der Waals surface area contributed by atoms with Crippen LogP contribution in [0.1, 0.15) is 69.2 Å². The van der Waals surface area contributed by atoms with E-state index >= 15 is 0 Å². The van der Waals surface area contributed by atoms with Crippen molar-refractivity contribution in [3.63, 3.8) is 0 Å². The van der Waals surface area contributed by atoms with E-state index in [-0.39, 0.29) is 36.9 Å². The number of benzene rings is 1. The fraction of sp³-hybridized carbons (Fsp3) is 0.594. The SMILES string of the molecule is CN(C)C(=O)c1cn(C[C@@]2(O)CCN(C(=O)[C@H](CO)CC3CCCCC3)CC2(C)C)c(=O)cc1-c1ccccc1. The quantitative estimate of drug-likeness (QED) is 0.520. The van der Waals surface area contributed by atoms with Crippen molar-refractivity contribution in [3.05, 3.63) is 58.5 Å². The summed E-state index contributed by atoms with van der Waals surface area (Å²) in [6.07, 6.45) is 8.42. The lowest BCUT2D eigenvalue weighted by Crippen LogP contribution is -2.61. The summed E-state index contributed by atoms with van der Waals surface area (Å²) in [5.41, 5.74) is -0.592. The first kappa shape index (κ1) is 30.0. The van der Waals surface area contributed by atoms with Crippen molar-refractivity contribution in [3.8, 4) is 11.1 Å². The normalized spacial score (nSPS) is 22.1. The number of carbonyl (C=O) groups is 2. The standard InChI is InChI=1S/C32H45N3O5/c1-31(2)21-34(29(38)25(20-36)17-23-11-7-5-8-12-23)16-15-32(31,40)22-35-19-27(30(39)33(3)4)26(18-28(35)37)24-13-9-6-10-14-24/h6,9-10,13-14,18-19,23,25,36,40H,5,7-8,11-12,15-17,20-22H2,1-4H3/t25-,32-/m0/s1. The summed E-state index contributed by atoms with van der Waals surface area (Å²) in [6, 6.07) is 10.8. The van der Waals surface area contributed by atoms with E-state index in [1.807, 2.05) is 44.2 Å². The van der Waals surface area contributed by atoms with Crippen molar-refractivity contribution in [1.82, 2.24) is 14.4 Å². The number of aliphatic hydroxyl groups excluding tert-OH is 1. The largest absolute Gasteiger partial charge is 0.396 e. The second kappa shape index (κ2) is 12.3. The minimum absolute atomic E-state index is 0.00907. The third kappa shape index (κ3) is 6.33. The second-order valence-corrected chi connectivity index (χ2v) is 12.7. The summed E-state index contributed by atoms with van der Waals surface area (Å²) in [5.74, 6) is -0.217. The van der Waals surface area contributed by atoms with Gasteiger partial charge in [0.25, 0.3) is 11.5 Å². The Morgan fingerprint density at radius 3 is 2.38 bits per heavy atom. The highest BCUT2D eigenvalue weighted by Gasteiger charge is 2.49. The van der Waals surface area contributed by atoms with Crippen LogP contribution in [0.5, 0.6) is 0 Å². The minimum atomic E-state index is -1.28. The molecule has 2 fully saturated rings. The number of aromatic nitrogens is 1. The highest BCUT2D eigenvalue weighted by atomic mass is 16.3. The number of aliphatic hydroxyl groups is 2. The summed E-state index contributed by atoms with van der Waals surface area (Å²) < 4.78 is 1.43. The smallest absolute Gasteiger partial charge is 0.255 e. The van der Waals surface area contributed by atoms with Crippen molar-refractivity contribution in [1.29, 1.82) is 0 Å². The third-order valence-corrected chi connectivity index (χ3v) is 9.14. The van der Waals surface area contributed by atoms with Crippen LogP contribution in [0.3, 0.4) is 0 Å². The van der Waals surface area contributed by atoms with E-state index in [0.29, 0.717) is 36.6 Å². The van der Waals surface area contributed by atoms with Crippen LogP contribution in [-0.4, -0.2) is 75.8 Å². The van der Waals surface area contributed by atoms with Gasteiger partial charge in [-0.25, -0.2) is 0 Å². The average molecular weight is 552 g/mol. The zero-order valence-electron chi connectivity index (χ0n) is 24.4. The monoisotopic (exact) mass is 551 g/mol. The molecule has 1 aromatic heterocycles. The van der Waals surface area contributed by atoms with Gasteiger partial charge in [-0.2, -0.15) is 0 Å². The molecule has 2 heterocycles. The maximum absolute atomic E-state index is 13.5. The zero-order chi connectivity index (χ0) is 29.1. The molecular weight excluding hydrogens is 506 g/mol. The first-order valence-corrected chi connectivity index (χ1v) is 14.6. The number of hydrogen-bond donors (Lipinski definition) is 2. The van der Waals surface area contributed by atoms with Crippen LogP contribution < -0.4 is 5.56 Å². The van der Waals surface area contributed by atoms with Crippen LogP contribution in [0.15, 0.2) is 47.4 Å². The molecule has 2 amide bonds. The van der Waals surface area contributed by atoms with E-state index in [4.69, 9.17) is 0 Å². The van der Waals surface area contributed by atoms with Crippen molar-refractivity contribution >= 4 is 11.8 Å². The number of pyridine rings is 1. The highest BCUT2D eigenvalue weighted by Crippen LogP contribution is 2.41. The molecule has 2 N–H and O–H groups in total. The Morgan fingerprint density at radius 1 is 1.10 bits per heavy atom. The molecule has 0 radical (unpaired) electrons. The number of amides is 2. The van der Waals surface area contributed by atoms with Crippen LogP contribution in [0.2, 0.25) is 0 Å². The summed E-state index contributed by atoms with van der Waals surface area (Å²) in [4.78, 5) is 43.2. The van der Waals surface area contributed by atoms with Gasteiger partial charge in [0, 0.05) is 50.4 Å². The second-order valence-electron chi connectivity index (χ2n) is 12.7. The van der Waals surface area contributed by atoms with Gasteiger partial charge in [-0.1, -0.05) is 76.3 Å². The summed E-state index contributed by atoms with van der Waals surface area (Å²) in [5, 5.41) is 22.0. The summed E-state index contributed by atoms with van der Waals surface area (Å²) in [7, 11) is 3.34. The molecule has 218 valence electrons. The molecule has 1 aromatic carbocycles. The number of piperidine rings is 1. The van der Waals surface area contributed by atoms with Crippen molar-refractivity contribution in [2.45, 2.75) is 70.9 Å². The number of carbonyl (C=O) groups excluding carboxylic acids is 2. The van der Waals surface area contributed by atoms with Crippen LogP contribution in [0.25, 0.3) is 11.1 Å². The number of hydrogen-bond acceptors (Lipinski definition) is 5. The van der Waals surface area contributed by atoms with Gasteiger partial charge in [0.15, 0.2) is 0 Å². The molecule has 0 bridgehead atoms. The maximum atomic E-state index is 13.5. The molecule has 1 aliphatic carbocycles. The first-order chi connectivity index (χ1) is 19.0. The van der Waals surface area contributed by atoms with Gasteiger partial charge >= 0.3 is 0 Å². The molecule has 40 heavy (non-hydrogen) atoms.